The van der Waals surface area contributed by atoms with E-state index in [1.807, 2.05) is 6.20 Å². The second-order valence-corrected chi connectivity index (χ2v) is 3.95. The summed E-state index contributed by atoms with van der Waals surface area (Å²) in [7, 11) is 0. The Morgan fingerprint density at radius 3 is 3.27 bits per heavy atom. The maximum atomic E-state index is 5.62. The van der Waals surface area contributed by atoms with Gasteiger partial charge < -0.3 is 4.74 Å². The summed E-state index contributed by atoms with van der Waals surface area (Å²) in [5.74, 6) is 0.789. The lowest BCUT2D eigenvalue weighted by atomic mass is 10.1. The number of aromatic nitrogens is 2. The van der Waals surface area contributed by atoms with E-state index in [-0.39, 0.29) is 0 Å². The summed E-state index contributed by atoms with van der Waals surface area (Å²) in [5.41, 5.74) is 5.20. The first kappa shape index (κ1) is 7.40. The van der Waals surface area contributed by atoms with Crippen molar-refractivity contribution in [3.8, 4) is 17.1 Å². The van der Waals surface area contributed by atoms with Crippen LogP contribution in [0.4, 0.5) is 0 Å². The second-order valence-electron chi connectivity index (χ2n) is 3.95. The van der Waals surface area contributed by atoms with Crippen LogP contribution in [0.5, 0.6) is 5.88 Å². The van der Waals surface area contributed by atoms with E-state index in [0.717, 1.165) is 12.3 Å². The van der Waals surface area contributed by atoms with Gasteiger partial charge in [0.05, 0.1) is 0 Å². The van der Waals surface area contributed by atoms with Crippen LogP contribution in [0.15, 0.2) is 30.6 Å². The minimum atomic E-state index is 0.576. The fourth-order valence-electron chi connectivity index (χ4n) is 2.48. The molecule has 0 saturated carbocycles. The van der Waals surface area contributed by atoms with Crippen LogP contribution in [0.3, 0.4) is 0 Å². The Labute approximate surface area is 87.0 Å². The number of rotatable bonds is 0. The number of hydrogen-bond donors (Lipinski definition) is 0. The van der Waals surface area contributed by atoms with Crippen molar-refractivity contribution in [2.75, 3.05) is 0 Å². The molecule has 1 aliphatic carbocycles. The predicted octanol–water partition coefficient (Wildman–Crippen LogP) is 1.29. The van der Waals surface area contributed by atoms with Gasteiger partial charge in [0.1, 0.15) is 5.56 Å². The number of hydrogen-bond acceptors (Lipinski definition) is 2. The molecule has 0 saturated heterocycles. The molecule has 1 aliphatic heterocycles. The highest BCUT2D eigenvalue weighted by atomic mass is 16.5. The van der Waals surface area contributed by atoms with E-state index in [1.54, 1.807) is 0 Å². The zero-order chi connectivity index (χ0) is 9.83. The molecule has 0 spiro atoms. The normalized spacial score (nSPS) is 14.7. The van der Waals surface area contributed by atoms with Crippen molar-refractivity contribution in [1.29, 1.82) is 0 Å². The third-order valence-corrected chi connectivity index (χ3v) is 3.12. The fourth-order valence-corrected chi connectivity index (χ4v) is 2.48. The highest BCUT2D eigenvalue weighted by Crippen LogP contribution is 2.40. The average Bonchev–Trinajstić information content (AvgIpc) is 2.66. The van der Waals surface area contributed by atoms with Crippen LogP contribution in [0.1, 0.15) is 11.1 Å². The van der Waals surface area contributed by atoms with Gasteiger partial charge in [-0.05, 0) is 17.7 Å². The minimum absolute atomic E-state index is 0.576. The zero-order valence-electron chi connectivity index (χ0n) is 8.10. The largest absolute Gasteiger partial charge is 0.417 e. The molecule has 0 N–H and O–H groups in total. The van der Waals surface area contributed by atoms with Gasteiger partial charge in [-0.15, -0.1) is 0 Å². The molecule has 3 heterocycles. The van der Waals surface area contributed by atoms with E-state index < -0.39 is 0 Å². The lowest BCUT2D eigenvalue weighted by Gasteiger charge is -2.12. The van der Waals surface area contributed by atoms with Crippen LogP contribution >= 0.6 is 0 Å². The summed E-state index contributed by atoms with van der Waals surface area (Å²) >= 11 is 0. The summed E-state index contributed by atoms with van der Waals surface area (Å²) in [6, 6.07) is 6.34. The quantitative estimate of drug-likeness (QED) is 0.507. The summed E-state index contributed by atoms with van der Waals surface area (Å²) in [6.07, 6.45) is 4.89. The van der Waals surface area contributed by atoms with Crippen LogP contribution in [-0.4, -0.2) is 4.98 Å². The Kier molecular flexibility index (Phi) is 1.17. The Hall–Kier alpha value is -1.90. The van der Waals surface area contributed by atoms with Gasteiger partial charge in [0.2, 0.25) is 11.6 Å². The third-order valence-electron chi connectivity index (χ3n) is 3.12. The monoisotopic (exact) mass is 197 g/mol. The molecule has 72 valence electrons. The van der Waals surface area contributed by atoms with Crippen LogP contribution in [0, 0.1) is 0 Å². The first-order valence-corrected chi connectivity index (χ1v) is 5.06. The lowest BCUT2D eigenvalue weighted by molar-refractivity contribution is -0.717. The smallest absolute Gasteiger partial charge is 0.294 e. The van der Waals surface area contributed by atoms with Gasteiger partial charge in [-0.2, -0.15) is 4.57 Å². The SMILES string of the molecule is c1cc2c3[n+](c1)COc1nccc(c1-3)C2. The van der Waals surface area contributed by atoms with Gasteiger partial charge in [-0.3, -0.25) is 0 Å². The highest BCUT2D eigenvalue weighted by Gasteiger charge is 2.34. The Morgan fingerprint density at radius 1 is 1.27 bits per heavy atom. The molecule has 0 amide bonds. The van der Waals surface area contributed by atoms with E-state index in [4.69, 9.17) is 4.74 Å². The Morgan fingerprint density at radius 2 is 2.27 bits per heavy atom. The van der Waals surface area contributed by atoms with E-state index >= 15 is 0 Å². The van der Waals surface area contributed by atoms with Crippen molar-refractivity contribution in [2.24, 2.45) is 0 Å². The van der Waals surface area contributed by atoms with Gasteiger partial charge in [0, 0.05) is 24.2 Å². The molecule has 0 atom stereocenters. The van der Waals surface area contributed by atoms with Gasteiger partial charge in [0.25, 0.3) is 6.73 Å². The average molecular weight is 197 g/mol. The van der Waals surface area contributed by atoms with Crippen LogP contribution < -0.4 is 9.30 Å². The van der Waals surface area contributed by atoms with E-state index in [1.165, 1.54) is 22.4 Å². The molecule has 0 bridgehead atoms. The predicted molar refractivity (Wildman–Crippen MR) is 53.3 cm³/mol. The van der Waals surface area contributed by atoms with Crippen LogP contribution in [0.25, 0.3) is 11.3 Å². The highest BCUT2D eigenvalue weighted by molar-refractivity contribution is 5.75. The molecular weight excluding hydrogens is 188 g/mol. The summed E-state index contributed by atoms with van der Waals surface area (Å²) in [5, 5.41) is 0. The topological polar surface area (TPSA) is 26.0 Å². The van der Waals surface area contributed by atoms with E-state index in [0.29, 0.717) is 6.73 Å². The maximum absolute atomic E-state index is 5.62. The molecule has 2 aromatic heterocycles. The van der Waals surface area contributed by atoms with Crippen molar-refractivity contribution in [3.63, 3.8) is 0 Å². The van der Waals surface area contributed by atoms with Crippen LogP contribution in [0.2, 0.25) is 0 Å². The maximum Gasteiger partial charge on any atom is 0.294 e. The van der Waals surface area contributed by atoms with Crippen molar-refractivity contribution in [3.05, 3.63) is 41.7 Å². The molecular formula is C12H9N2O+. The van der Waals surface area contributed by atoms with E-state index in [2.05, 4.69) is 33.9 Å². The standard InChI is InChI=1S/C12H9N2O/c1-2-9-6-8-3-4-13-12-10(8)11(9)14(5-1)7-15-12/h1-5H,6-7H2/q+1. The van der Waals surface area contributed by atoms with E-state index in [9.17, 15) is 0 Å². The lowest BCUT2D eigenvalue weighted by Crippen LogP contribution is -2.41. The second kappa shape index (κ2) is 2.37. The van der Waals surface area contributed by atoms with Gasteiger partial charge in [-0.1, -0.05) is 0 Å². The molecule has 0 aromatic carbocycles. The number of ether oxygens (including phenoxy) is 1. The van der Waals surface area contributed by atoms with Crippen molar-refractivity contribution < 1.29 is 9.30 Å². The molecule has 0 radical (unpaired) electrons. The zero-order valence-corrected chi connectivity index (χ0v) is 8.10. The van der Waals surface area contributed by atoms with Crippen molar-refractivity contribution in [1.82, 2.24) is 4.98 Å². The molecule has 2 aliphatic rings. The molecule has 3 heteroatoms. The molecule has 3 nitrogen and oxygen atoms in total. The first-order valence-electron chi connectivity index (χ1n) is 5.06. The fraction of sp³-hybridized carbons (Fsp3) is 0.167. The Bertz CT molecular complexity index is 526. The van der Waals surface area contributed by atoms with Gasteiger partial charge in [0.15, 0.2) is 6.20 Å². The minimum Gasteiger partial charge on any atom is -0.417 e. The van der Waals surface area contributed by atoms with Gasteiger partial charge in [-0.25, -0.2) is 4.98 Å². The van der Waals surface area contributed by atoms with Crippen LogP contribution in [-0.2, 0) is 13.2 Å². The number of pyridine rings is 2. The number of nitrogens with zero attached hydrogens (tertiary/aromatic N) is 2. The summed E-state index contributed by atoms with van der Waals surface area (Å²) < 4.78 is 7.76. The Balaban J connectivity index is 2.18. The molecule has 0 unspecified atom stereocenters. The summed E-state index contributed by atoms with van der Waals surface area (Å²) in [4.78, 5) is 4.28. The van der Waals surface area contributed by atoms with Gasteiger partial charge >= 0.3 is 0 Å². The third kappa shape index (κ3) is 0.807. The van der Waals surface area contributed by atoms with Crippen molar-refractivity contribution in [2.45, 2.75) is 13.2 Å². The van der Waals surface area contributed by atoms with Crippen molar-refractivity contribution >= 4 is 0 Å². The summed E-state index contributed by atoms with van der Waals surface area (Å²) in [6.45, 7) is 0.576. The first-order chi connectivity index (χ1) is 7.43. The molecule has 4 rings (SSSR count). The molecule has 0 fully saturated rings. The molecule has 15 heavy (non-hydrogen) atoms. The molecule has 2 aromatic rings.